The van der Waals surface area contributed by atoms with Crippen LogP contribution in [0.4, 0.5) is 0 Å². The highest BCUT2D eigenvalue weighted by Crippen LogP contribution is 2.25. The van der Waals surface area contributed by atoms with Gasteiger partial charge in [-0.1, -0.05) is 35.9 Å². The number of nitrogens with zero attached hydrogens (tertiary/aromatic N) is 3. The van der Waals surface area contributed by atoms with E-state index in [0.29, 0.717) is 16.5 Å². The molecule has 172 valence electrons. The van der Waals surface area contributed by atoms with Gasteiger partial charge in [0.1, 0.15) is 5.69 Å². The van der Waals surface area contributed by atoms with E-state index in [1.54, 1.807) is 12.1 Å². The van der Waals surface area contributed by atoms with Crippen LogP contribution in [0.25, 0.3) is 17.1 Å². The Balaban J connectivity index is 1.48. The van der Waals surface area contributed by atoms with Gasteiger partial charge in [0, 0.05) is 0 Å². The van der Waals surface area contributed by atoms with Crippen LogP contribution >= 0.6 is 11.8 Å². The van der Waals surface area contributed by atoms with Gasteiger partial charge in [0.25, 0.3) is 11.7 Å². The maximum atomic E-state index is 12.4. The summed E-state index contributed by atoms with van der Waals surface area (Å²) in [7, 11) is 1.47. The summed E-state index contributed by atoms with van der Waals surface area (Å²) >= 11 is 1.31. The smallest absolute Gasteiger partial charge is 0.342 e. The van der Waals surface area contributed by atoms with Gasteiger partial charge in [-0.05, 0) is 66.7 Å². The number of rotatable bonds is 8. The monoisotopic (exact) mass is 474 g/mol. The molecule has 0 saturated heterocycles. The molecule has 0 radical (unpaired) electrons. The molecule has 1 amide bonds. The number of aryl methyl sites for hydroxylation is 1. The third-order valence-corrected chi connectivity index (χ3v) is 5.89. The number of thioether (sulfide) groups is 1. The summed E-state index contributed by atoms with van der Waals surface area (Å²) in [5.41, 5.74) is 6.29. The number of carbonyl (C=O) groups is 1. The highest BCUT2D eigenvalue weighted by atomic mass is 32.2. The van der Waals surface area contributed by atoms with Gasteiger partial charge in [-0.2, -0.15) is 9.67 Å². The second-order valence-corrected chi connectivity index (χ2v) is 8.35. The van der Waals surface area contributed by atoms with Crippen molar-refractivity contribution in [2.24, 2.45) is 5.10 Å². The van der Waals surface area contributed by atoms with Crippen molar-refractivity contribution in [3.8, 4) is 28.6 Å². The molecule has 0 aliphatic heterocycles. The number of nitrogens with one attached hydrogen (secondary N) is 2. The number of aromatic amines is 1. The molecule has 3 N–H and O–H groups in total. The normalized spacial score (nSPS) is 11.0. The van der Waals surface area contributed by atoms with E-state index >= 15 is 0 Å². The van der Waals surface area contributed by atoms with Gasteiger partial charge < -0.3 is 9.84 Å². The Bertz CT molecular complexity index is 1300. The first-order valence-electron chi connectivity index (χ1n) is 10.5. The minimum atomic E-state index is -0.272. The fraction of sp³-hybridized carbons (Fsp3) is 0.120. The molecule has 0 spiro atoms. The van der Waals surface area contributed by atoms with Crippen LogP contribution in [0.5, 0.6) is 11.5 Å². The summed E-state index contributed by atoms with van der Waals surface area (Å²) in [5.74, 6) is 1.05. The summed E-state index contributed by atoms with van der Waals surface area (Å²) in [6, 6.07) is 22.8. The second-order valence-electron chi connectivity index (χ2n) is 7.40. The lowest BCUT2D eigenvalue weighted by atomic mass is 10.2. The van der Waals surface area contributed by atoms with Crippen LogP contribution in [0.2, 0.25) is 0 Å². The molecule has 4 aromatic rings. The van der Waals surface area contributed by atoms with E-state index < -0.39 is 0 Å². The van der Waals surface area contributed by atoms with Crippen LogP contribution in [0.3, 0.4) is 0 Å². The molecule has 1 heterocycles. The van der Waals surface area contributed by atoms with Crippen molar-refractivity contribution < 1.29 is 19.2 Å². The first-order valence-corrected chi connectivity index (χ1v) is 11.5. The number of hydrogen-bond acceptors (Lipinski definition) is 6. The van der Waals surface area contributed by atoms with E-state index in [1.165, 1.54) is 31.2 Å². The summed E-state index contributed by atoms with van der Waals surface area (Å²) in [6.45, 7) is 2.04. The van der Waals surface area contributed by atoms with Crippen LogP contribution in [0.1, 0.15) is 11.1 Å². The zero-order chi connectivity index (χ0) is 23.9. The molecule has 1 aromatic heterocycles. The standard InChI is InChI=1S/C25H23N5O3S/c1-17-8-11-20(12-9-17)30-24(19-6-4-3-5-7-19)28-29-25(30)34-16-23(32)27-26-15-18-10-13-21(31)22(14-18)33-2/h3-15H,16H2,1-2H3,(H2,26,27,31,32)/p+1. The van der Waals surface area contributed by atoms with Crippen LogP contribution in [-0.2, 0) is 4.79 Å². The minimum Gasteiger partial charge on any atom is -0.504 e. The first kappa shape index (κ1) is 23.1. The number of amides is 1. The third kappa shape index (κ3) is 5.44. The molecular weight excluding hydrogens is 450 g/mol. The highest BCUT2D eigenvalue weighted by molar-refractivity contribution is 7.99. The van der Waals surface area contributed by atoms with Crippen molar-refractivity contribution in [2.45, 2.75) is 12.1 Å². The van der Waals surface area contributed by atoms with Crippen LogP contribution in [0, 0.1) is 6.92 Å². The summed E-state index contributed by atoms with van der Waals surface area (Å²) in [6.07, 6.45) is 1.49. The molecule has 0 saturated carbocycles. The molecule has 0 fully saturated rings. The largest absolute Gasteiger partial charge is 0.504 e. The number of carbonyl (C=O) groups excluding carboxylic acids is 1. The molecule has 9 heteroatoms. The number of H-pyrrole nitrogens is 1. The van der Waals surface area contributed by atoms with Gasteiger partial charge in [-0.15, -0.1) is 5.10 Å². The zero-order valence-corrected chi connectivity index (χ0v) is 19.5. The minimum absolute atomic E-state index is 0.0378. The first-order chi connectivity index (χ1) is 16.5. The number of ether oxygens (including phenoxy) is 1. The number of benzene rings is 3. The van der Waals surface area contributed by atoms with E-state index in [1.807, 2.05) is 66.1 Å². The number of phenolic OH excluding ortho intramolecular Hbond substituents is 1. The Morgan fingerprint density at radius 1 is 1.18 bits per heavy atom. The van der Waals surface area contributed by atoms with Crippen LogP contribution in [0.15, 0.2) is 83.1 Å². The maximum Gasteiger partial charge on any atom is 0.342 e. The van der Waals surface area contributed by atoms with Crippen LogP contribution < -0.4 is 14.7 Å². The van der Waals surface area contributed by atoms with Crippen molar-refractivity contribution >= 4 is 23.9 Å². The Morgan fingerprint density at radius 2 is 1.94 bits per heavy atom. The third-order valence-electron chi connectivity index (χ3n) is 4.95. The number of phenols is 1. The summed E-state index contributed by atoms with van der Waals surface area (Å²) < 4.78 is 7.07. The number of methoxy groups -OCH3 is 1. The predicted molar refractivity (Wildman–Crippen MR) is 131 cm³/mol. The van der Waals surface area contributed by atoms with Crippen molar-refractivity contribution in [2.75, 3.05) is 12.9 Å². The Morgan fingerprint density at radius 3 is 2.68 bits per heavy atom. The van der Waals surface area contributed by atoms with Gasteiger partial charge in [0.05, 0.1) is 29.7 Å². The molecule has 0 unspecified atom stereocenters. The van der Waals surface area contributed by atoms with E-state index in [0.717, 1.165) is 22.6 Å². The quantitative estimate of drug-likeness (QED) is 0.157. The topological polar surface area (TPSA) is 103 Å². The van der Waals surface area contributed by atoms with E-state index in [-0.39, 0.29) is 17.4 Å². The fourth-order valence-electron chi connectivity index (χ4n) is 3.23. The van der Waals surface area contributed by atoms with Gasteiger partial charge in [-0.3, -0.25) is 4.79 Å². The van der Waals surface area contributed by atoms with E-state index in [9.17, 15) is 9.90 Å². The number of aromatic hydroxyl groups is 1. The lowest BCUT2D eigenvalue weighted by molar-refractivity contribution is -0.625. The van der Waals surface area contributed by atoms with Gasteiger partial charge >= 0.3 is 5.16 Å². The van der Waals surface area contributed by atoms with Crippen molar-refractivity contribution in [1.82, 2.24) is 15.6 Å². The molecular formula is C25H24N5O3S+. The molecule has 0 atom stereocenters. The maximum absolute atomic E-state index is 12.4. The van der Waals surface area contributed by atoms with E-state index in [2.05, 4.69) is 20.7 Å². The SMILES string of the molecule is COc1cc(C=NNC(=O)CSc2n[nH]c(-c3ccccc3)[n+]2-c2ccc(C)cc2)ccc1O. The zero-order valence-electron chi connectivity index (χ0n) is 18.7. The molecule has 0 bridgehead atoms. The Kier molecular flexibility index (Phi) is 7.24. The molecule has 4 rings (SSSR count). The van der Waals surface area contributed by atoms with Crippen molar-refractivity contribution in [3.63, 3.8) is 0 Å². The van der Waals surface area contributed by atoms with Gasteiger partial charge in [0.15, 0.2) is 11.5 Å². The Labute approximate surface area is 201 Å². The predicted octanol–water partition coefficient (Wildman–Crippen LogP) is 3.62. The molecule has 8 nitrogen and oxygen atoms in total. The van der Waals surface area contributed by atoms with Gasteiger partial charge in [-0.25, -0.2) is 5.43 Å². The number of hydrogen-bond donors (Lipinski definition) is 3. The molecule has 3 aromatic carbocycles. The molecule has 0 aliphatic rings. The molecule has 0 aliphatic carbocycles. The molecule has 34 heavy (non-hydrogen) atoms. The Hall–Kier alpha value is -4.11. The number of aromatic nitrogens is 3. The number of hydrazone groups is 1. The lowest BCUT2D eigenvalue weighted by Crippen LogP contribution is -2.34. The van der Waals surface area contributed by atoms with Crippen molar-refractivity contribution in [1.29, 1.82) is 0 Å². The average molecular weight is 475 g/mol. The van der Waals surface area contributed by atoms with Crippen LogP contribution in [-0.4, -0.2) is 40.3 Å². The summed E-state index contributed by atoms with van der Waals surface area (Å²) in [4.78, 5) is 12.4. The fourth-order valence-corrected chi connectivity index (χ4v) is 3.99. The average Bonchev–Trinajstić information content (AvgIpc) is 3.29. The summed E-state index contributed by atoms with van der Waals surface area (Å²) in [5, 5.41) is 21.9. The van der Waals surface area contributed by atoms with E-state index in [4.69, 9.17) is 4.74 Å². The van der Waals surface area contributed by atoms with Crippen molar-refractivity contribution in [3.05, 3.63) is 83.9 Å². The lowest BCUT2D eigenvalue weighted by Gasteiger charge is -2.05. The van der Waals surface area contributed by atoms with Gasteiger partial charge in [0.2, 0.25) is 0 Å². The second kappa shape index (κ2) is 10.7. The highest BCUT2D eigenvalue weighted by Gasteiger charge is 2.24.